The normalized spacial score (nSPS) is 19.6. The molecule has 5 nitrogen and oxygen atoms in total. The van der Waals surface area contributed by atoms with Crippen molar-refractivity contribution in [3.8, 4) is 5.75 Å². The molecule has 3 aromatic carbocycles. The number of carbonyl (C=O) groups is 2. The molecule has 1 N–H and O–H groups in total. The first-order valence-corrected chi connectivity index (χ1v) is 11.3. The first kappa shape index (κ1) is 21.9. The van der Waals surface area contributed by atoms with Gasteiger partial charge in [-0.1, -0.05) is 36.4 Å². The molecule has 0 aromatic heterocycles. The number of Topliss-reactive ketones (excluding diaryl/α,β-unsaturated/α-hetero) is 1. The average molecular weight is 457 g/mol. The van der Waals surface area contributed by atoms with E-state index in [1.54, 1.807) is 24.1 Å². The standard InChI is InChI=1S/C28H25FN2O3/c1-17(32)31-25-9-4-3-8-23(25)30-24-15-20(18-10-12-22(34-2)13-11-18)16-26(33)27(24)28(31)19-6-5-7-21(29)14-19/h3-14,20,28,30H,15-16H2,1-2H3. The van der Waals surface area contributed by atoms with Crippen LogP contribution in [0.3, 0.4) is 0 Å². The number of methoxy groups -OCH3 is 1. The van der Waals surface area contributed by atoms with Crippen molar-refractivity contribution in [2.75, 3.05) is 17.3 Å². The van der Waals surface area contributed by atoms with Crippen molar-refractivity contribution in [3.05, 3.63) is 101 Å². The molecule has 34 heavy (non-hydrogen) atoms. The lowest BCUT2D eigenvalue weighted by Crippen LogP contribution is -2.37. The van der Waals surface area contributed by atoms with Crippen LogP contribution in [0.4, 0.5) is 15.8 Å². The Morgan fingerprint density at radius 3 is 2.47 bits per heavy atom. The number of ether oxygens (including phenoxy) is 1. The molecule has 1 amide bonds. The minimum atomic E-state index is -0.719. The highest BCUT2D eigenvalue weighted by atomic mass is 19.1. The maximum Gasteiger partial charge on any atom is 0.224 e. The lowest BCUT2D eigenvalue weighted by Gasteiger charge is -2.34. The Bertz CT molecular complexity index is 1300. The number of rotatable bonds is 3. The number of halogens is 1. The highest BCUT2D eigenvalue weighted by Crippen LogP contribution is 2.47. The number of fused-ring (bicyclic) bond motifs is 1. The molecule has 0 saturated heterocycles. The number of carbonyl (C=O) groups excluding carboxylic acids is 2. The van der Waals surface area contributed by atoms with Crippen molar-refractivity contribution in [1.29, 1.82) is 0 Å². The monoisotopic (exact) mass is 456 g/mol. The van der Waals surface area contributed by atoms with Gasteiger partial charge < -0.3 is 10.1 Å². The quantitative estimate of drug-likeness (QED) is 0.545. The van der Waals surface area contributed by atoms with Gasteiger partial charge in [-0.2, -0.15) is 0 Å². The van der Waals surface area contributed by atoms with Gasteiger partial charge in [0.25, 0.3) is 0 Å². The van der Waals surface area contributed by atoms with Gasteiger partial charge in [0, 0.05) is 24.6 Å². The van der Waals surface area contributed by atoms with Gasteiger partial charge in [-0.25, -0.2) is 4.39 Å². The lowest BCUT2D eigenvalue weighted by atomic mass is 9.78. The van der Waals surface area contributed by atoms with Gasteiger partial charge in [-0.3, -0.25) is 14.5 Å². The fourth-order valence-corrected chi connectivity index (χ4v) is 5.04. The summed E-state index contributed by atoms with van der Waals surface area (Å²) in [6, 6.07) is 20.7. The van der Waals surface area contributed by atoms with E-state index in [2.05, 4.69) is 5.32 Å². The summed E-state index contributed by atoms with van der Waals surface area (Å²) in [6.45, 7) is 1.47. The highest BCUT2D eigenvalue weighted by molar-refractivity contribution is 6.06. The predicted octanol–water partition coefficient (Wildman–Crippen LogP) is 5.75. The second-order valence-corrected chi connectivity index (χ2v) is 8.68. The van der Waals surface area contributed by atoms with E-state index in [9.17, 15) is 14.0 Å². The molecular weight excluding hydrogens is 431 g/mol. The number of benzene rings is 3. The van der Waals surface area contributed by atoms with Gasteiger partial charge in [0.15, 0.2) is 5.78 Å². The van der Waals surface area contributed by atoms with Crippen LogP contribution in [0.15, 0.2) is 84.1 Å². The summed E-state index contributed by atoms with van der Waals surface area (Å²) in [5.41, 5.74) is 4.30. The Morgan fingerprint density at radius 2 is 1.76 bits per heavy atom. The molecule has 3 aromatic rings. The number of nitrogens with one attached hydrogen (secondary N) is 1. The van der Waals surface area contributed by atoms with Crippen LogP contribution in [0.1, 0.15) is 42.9 Å². The van der Waals surface area contributed by atoms with E-state index in [1.807, 2.05) is 48.5 Å². The van der Waals surface area contributed by atoms with E-state index in [0.717, 1.165) is 22.7 Å². The molecule has 2 aliphatic rings. The number of anilines is 2. The van der Waals surface area contributed by atoms with Gasteiger partial charge in [0.05, 0.1) is 24.5 Å². The molecule has 1 aliphatic heterocycles. The van der Waals surface area contributed by atoms with Crippen molar-refractivity contribution in [2.24, 2.45) is 0 Å². The van der Waals surface area contributed by atoms with Gasteiger partial charge in [-0.15, -0.1) is 0 Å². The van der Waals surface area contributed by atoms with E-state index in [4.69, 9.17) is 4.74 Å². The number of allylic oxidation sites excluding steroid dienone is 1. The van der Waals surface area contributed by atoms with Crippen LogP contribution in [-0.2, 0) is 9.59 Å². The number of para-hydroxylation sites is 2. The van der Waals surface area contributed by atoms with Gasteiger partial charge >= 0.3 is 0 Å². The van der Waals surface area contributed by atoms with E-state index >= 15 is 0 Å². The van der Waals surface area contributed by atoms with Gasteiger partial charge in [0.2, 0.25) is 5.91 Å². The molecule has 1 heterocycles. The predicted molar refractivity (Wildman–Crippen MR) is 129 cm³/mol. The molecule has 172 valence electrons. The highest BCUT2D eigenvalue weighted by Gasteiger charge is 2.40. The minimum Gasteiger partial charge on any atom is -0.497 e. The van der Waals surface area contributed by atoms with Crippen LogP contribution in [0.5, 0.6) is 5.75 Å². The molecular formula is C28H25FN2O3. The largest absolute Gasteiger partial charge is 0.497 e. The summed E-state index contributed by atoms with van der Waals surface area (Å²) >= 11 is 0. The lowest BCUT2D eigenvalue weighted by molar-refractivity contribution is -0.117. The number of hydrogen-bond donors (Lipinski definition) is 1. The molecule has 0 bridgehead atoms. The molecule has 0 spiro atoms. The Labute approximate surface area is 197 Å². The molecule has 2 atom stereocenters. The third kappa shape index (κ3) is 3.85. The zero-order valence-electron chi connectivity index (χ0n) is 19.0. The second-order valence-electron chi connectivity index (χ2n) is 8.68. The zero-order chi connectivity index (χ0) is 23.8. The van der Waals surface area contributed by atoms with Crippen LogP contribution in [0.2, 0.25) is 0 Å². The van der Waals surface area contributed by atoms with E-state index in [-0.39, 0.29) is 17.6 Å². The molecule has 0 saturated carbocycles. The molecule has 2 unspecified atom stereocenters. The van der Waals surface area contributed by atoms with E-state index in [1.165, 1.54) is 19.1 Å². The van der Waals surface area contributed by atoms with Crippen molar-refractivity contribution in [1.82, 2.24) is 0 Å². The summed E-state index contributed by atoms with van der Waals surface area (Å²) in [7, 11) is 1.62. The smallest absolute Gasteiger partial charge is 0.224 e. The first-order valence-electron chi connectivity index (χ1n) is 11.3. The van der Waals surface area contributed by atoms with Gasteiger partial charge in [-0.05, 0) is 59.9 Å². The van der Waals surface area contributed by atoms with Crippen LogP contribution in [0.25, 0.3) is 0 Å². The Kier molecular flexibility index (Phi) is 5.65. The Morgan fingerprint density at radius 1 is 1.00 bits per heavy atom. The van der Waals surface area contributed by atoms with Crippen LogP contribution in [0, 0.1) is 5.82 Å². The Hall–Kier alpha value is -3.93. The first-order chi connectivity index (χ1) is 16.5. The number of hydrogen-bond acceptors (Lipinski definition) is 4. The van der Waals surface area contributed by atoms with Crippen molar-refractivity contribution in [3.63, 3.8) is 0 Å². The third-order valence-electron chi connectivity index (χ3n) is 6.58. The van der Waals surface area contributed by atoms with E-state index in [0.29, 0.717) is 29.7 Å². The van der Waals surface area contributed by atoms with Crippen molar-refractivity contribution >= 4 is 23.1 Å². The van der Waals surface area contributed by atoms with E-state index < -0.39 is 11.9 Å². The summed E-state index contributed by atoms with van der Waals surface area (Å²) in [5, 5.41) is 3.46. The van der Waals surface area contributed by atoms with Crippen LogP contribution in [-0.4, -0.2) is 18.8 Å². The molecule has 0 fully saturated rings. The van der Waals surface area contributed by atoms with Crippen LogP contribution < -0.4 is 15.0 Å². The van der Waals surface area contributed by atoms with Crippen LogP contribution >= 0.6 is 0 Å². The number of amides is 1. The fraction of sp³-hybridized carbons (Fsp3) is 0.214. The SMILES string of the molecule is COc1ccc(C2CC(=O)C3=C(C2)Nc2ccccc2N(C(C)=O)C3c2cccc(F)c2)cc1. The molecule has 0 radical (unpaired) electrons. The minimum absolute atomic E-state index is 0.0196. The molecule has 6 heteroatoms. The van der Waals surface area contributed by atoms with Crippen molar-refractivity contribution < 1.29 is 18.7 Å². The fourth-order valence-electron chi connectivity index (χ4n) is 5.04. The van der Waals surface area contributed by atoms with Crippen molar-refractivity contribution in [2.45, 2.75) is 31.7 Å². The zero-order valence-corrected chi connectivity index (χ0v) is 19.0. The third-order valence-corrected chi connectivity index (χ3v) is 6.58. The summed E-state index contributed by atoms with van der Waals surface area (Å²) in [6.07, 6.45) is 0.903. The average Bonchev–Trinajstić information content (AvgIpc) is 2.98. The maximum atomic E-state index is 14.3. The molecule has 1 aliphatic carbocycles. The number of nitrogens with zero attached hydrogens (tertiary/aromatic N) is 1. The van der Waals surface area contributed by atoms with Gasteiger partial charge in [0.1, 0.15) is 11.6 Å². The number of ketones is 1. The Balaban J connectivity index is 1.67. The summed E-state index contributed by atoms with van der Waals surface area (Å²) in [4.78, 5) is 28.3. The summed E-state index contributed by atoms with van der Waals surface area (Å²) in [5.74, 6) is 0.0580. The topological polar surface area (TPSA) is 58.6 Å². The summed E-state index contributed by atoms with van der Waals surface area (Å²) < 4.78 is 19.6. The maximum absolute atomic E-state index is 14.3. The molecule has 5 rings (SSSR count). The second kappa shape index (κ2) is 8.78.